The van der Waals surface area contributed by atoms with Crippen molar-refractivity contribution in [2.24, 2.45) is 0 Å². The van der Waals surface area contributed by atoms with Gasteiger partial charge in [0.15, 0.2) is 0 Å². The highest BCUT2D eigenvalue weighted by molar-refractivity contribution is 5.82. The Morgan fingerprint density at radius 1 is 1.32 bits per heavy atom. The number of carboxylic acids is 1. The topological polar surface area (TPSA) is 70.1 Å². The molecule has 0 aromatic heterocycles. The Balaban J connectivity index is 2.06. The maximum absolute atomic E-state index is 12.4. The Hall–Kier alpha value is -2.08. The Bertz CT molecular complexity index is 527. The van der Waals surface area contributed by atoms with Crippen molar-refractivity contribution in [2.75, 3.05) is 44.3 Å². The fourth-order valence-corrected chi connectivity index (χ4v) is 2.43. The van der Waals surface area contributed by atoms with E-state index in [0.717, 1.165) is 11.3 Å². The standard InChI is InChI=1S/C16H22N2O4/c1-13-3-2-4-14(11-13)18(6-5-16(20)21)12-15(19)17-7-9-22-10-8-17/h2-4,11H,5-10,12H2,1H3,(H,20,21). The summed E-state index contributed by atoms with van der Waals surface area (Å²) in [6, 6.07) is 7.76. The summed E-state index contributed by atoms with van der Waals surface area (Å²) in [4.78, 5) is 26.8. The lowest BCUT2D eigenvalue weighted by Gasteiger charge is -2.31. The summed E-state index contributed by atoms with van der Waals surface area (Å²) in [5.74, 6) is -0.855. The van der Waals surface area contributed by atoms with Crippen LogP contribution in [0.4, 0.5) is 5.69 Å². The lowest BCUT2D eigenvalue weighted by Crippen LogP contribution is -2.46. The molecule has 0 unspecified atom stereocenters. The predicted molar refractivity (Wildman–Crippen MR) is 83.0 cm³/mol. The fourth-order valence-electron chi connectivity index (χ4n) is 2.43. The van der Waals surface area contributed by atoms with Gasteiger partial charge in [-0.3, -0.25) is 9.59 Å². The minimum atomic E-state index is -0.864. The maximum Gasteiger partial charge on any atom is 0.305 e. The maximum atomic E-state index is 12.4. The van der Waals surface area contributed by atoms with Gasteiger partial charge < -0.3 is 19.6 Å². The van der Waals surface area contributed by atoms with Crippen molar-refractivity contribution in [3.8, 4) is 0 Å². The third kappa shape index (κ3) is 4.73. The van der Waals surface area contributed by atoms with Crippen molar-refractivity contribution < 1.29 is 19.4 Å². The Morgan fingerprint density at radius 3 is 2.68 bits per heavy atom. The zero-order valence-electron chi connectivity index (χ0n) is 12.8. The molecule has 6 nitrogen and oxygen atoms in total. The first-order chi connectivity index (χ1) is 10.6. The molecule has 0 bridgehead atoms. The number of anilines is 1. The Morgan fingerprint density at radius 2 is 2.05 bits per heavy atom. The van der Waals surface area contributed by atoms with Gasteiger partial charge in [-0.2, -0.15) is 0 Å². The summed E-state index contributed by atoms with van der Waals surface area (Å²) in [6.45, 7) is 4.80. The molecule has 1 N–H and O–H groups in total. The second-order valence-electron chi connectivity index (χ2n) is 5.40. The largest absolute Gasteiger partial charge is 0.481 e. The molecule has 120 valence electrons. The van der Waals surface area contributed by atoms with Gasteiger partial charge in [0.05, 0.1) is 26.2 Å². The first-order valence-electron chi connectivity index (χ1n) is 7.45. The van der Waals surface area contributed by atoms with Gasteiger partial charge in [0.2, 0.25) is 5.91 Å². The molecule has 0 aliphatic carbocycles. The number of aryl methyl sites for hydroxylation is 1. The third-order valence-electron chi connectivity index (χ3n) is 3.65. The van der Waals surface area contributed by atoms with Crippen LogP contribution in [-0.2, 0) is 14.3 Å². The minimum Gasteiger partial charge on any atom is -0.481 e. The Kier molecular flexibility index (Phi) is 5.77. The van der Waals surface area contributed by atoms with Crippen LogP contribution < -0.4 is 4.90 Å². The number of morpholine rings is 1. The van der Waals surface area contributed by atoms with Crippen LogP contribution in [0.3, 0.4) is 0 Å². The van der Waals surface area contributed by atoms with E-state index in [4.69, 9.17) is 9.84 Å². The molecule has 1 heterocycles. The summed E-state index contributed by atoms with van der Waals surface area (Å²) in [6.07, 6.45) is 0.00430. The highest BCUT2D eigenvalue weighted by Crippen LogP contribution is 2.16. The average molecular weight is 306 g/mol. The molecule has 22 heavy (non-hydrogen) atoms. The van der Waals surface area contributed by atoms with Gasteiger partial charge in [0, 0.05) is 25.3 Å². The second kappa shape index (κ2) is 7.79. The van der Waals surface area contributed by atoms with E-state index in [1.54, 1.807) is 4.90 Å². The molecule has 1 aliphatic heterocycles. The van der Waals surface area contributed by atoms with E-state index in [9.17, 15) is 9.59 Å². The number of carbonyl (C=O) groups excluding carboxylic acids is 1. The van der Waals surface area contributed by atoms with Crippen LogP contribution in [0.15, 0.2) is 24.3 Å². The monoisotopic (exact) mass is 306 g/mol. The number of ether oxygens (including phenoxy) is 1. The normalized spacial score (nSPS) is 14.7. The number of rotatable bonds is 6. The number of carbonyl (C=O) groups is 2. The van der Waals surface area contributed by atoms with Crippen molar-refractivity contribution in [1.29, 1.82) is 0 Å². The molecule has 1 saturated heterocycles. The third-order valence-corrected chi connectivity index (χ3v) is 3.65. The summed E-state index contributed by atoms with van der Waals surface area (Å²) >= 11 is 0. The van der Waals surface area contributed by atoms with E-state index in [1.807, 2.05) is 36.1 Å². The molecule has 0 atom stereocenters. The lowest BCUT2D eigenvalue weighted by molar-refractivity contribution is -0.137. The lowest BCUT2D eigenvalue weighted by atomic mass is 10.2. The van der Waals surface area contributed by atoms with Crippen LogP contribution in [0.5, 0.6) is 0 Å². The van der Waals surface area contributed by atoms with Gasteiger partial charge >= 0.3 is 5.97 Å². The molecular weight excluding hydrogens is 284 g/mol. The minimum absolute atomic E-state index is 0.00430. The fraction of sp³-hybridized carbons (Fsp3) is 0.500. The van der Waals surface area contributed by atoms with E-state index in [0.29, 0.717) is 32.8 Å². The average Bonchev–Trinajstić information content (AvgIpc) is 2.52. The van der Waals surface area contributed by atoms with Gasteiger partial charge in [-0.15, -0.1) is 0 Å². The van der Waals surface area contributed by atoms with Crippen molar-refractivity contribution >= 4 is 17.6 Å². The molecule has 1 aromatic carbocycles. The summed E-state index contributed by atoms with van der Waals surface area (Å²) in [5.41, 5.74) is 1.96. The van der Waals surface area contributed by atoms with Crippen LogP contribution in [0.25, 0.3) is 0 Å². The molecule has 1 amide bonds. The molecule has 0 saturated carbocycles. The number of hydrogen-bond donors (Lipinski definition) is 1. The van der Waals surface area contributed by atoms with E-state index in [-0.39, 0.29) is 18.9 Å². The summed E-state index contributed by atoms with van der Waals surface area (Å²) in [5, 5.41) is 8.91. The molecule has 0 spiro atoms. The zero-order valence-corrected chi connectivity index (χ0v) is 12.8. The number of hydrogen-bond acceptors (Lipinski definition) is 4. The first kappa shape index (κ1) is 16.3. The summed E-state index contributed by atoms with van der Waals surface area (Å²) < 4.78 is 5.25. The first-order valence-corrected chi connectivity index (χ1v) is 7.45. The molecule has 2 rings (SSSR count). The number of nitrogens with zero attached hydrogens (tertiary/aromatic N) is 2. The van der Waals surface area contributed by atoms with Crippen LogP contribution in [0.1, 0.15) is 12.0 Å². The summed E-state index contributed by atoms with van der Waals surface area (Å²) in [7, 11) is 0. The van der Waals surface area contributed by atoms with Crippen molar-refractivity contribution in [3.63, 3.8) is 0 Å². The molecule has 0 radical (unpaired) electrons. The van der Waals surface area contributed by atoms with Crippen molar-refractivity contribution in [3.05, 3.63) is 29.8 Å². The van der Waals surface area contributed by atoms with Crippen LogP contribution >= 0.6 is 0 Å². The molecule has 1 fully saturated rings. The van der Waals surface area contributed by atoms with Crippen LogP contribution in [0.2, 0.25) is 0 Å². The quantitative estimate of drug-likeness (QED) is 0.853. The van der Waals surface area contributed by atoms with Crippen LogP contribution in [-0.4, -0.2) is 61.3 Å². The van der Waals surface area contributed by atoms with Crippen molar-refractivity contribution in [1.82, 2.24) is 4.90 Å². The molecule has 6 heteroatoms. The second-order valence-corrected chi connectivity index (χ2v) is 5.40. The van der Waals surface area contributed by atoms with Gasteiger partial charge in [-0.1, -0.05) is 12.1 Å². The Labute approximate surface area is 130 Å². The highest BCUT2D eigenvalue weighted by atomic mass is 16.5. The van der Waals surface area contributed by atoms with Gasteiger partial charge in [0.1, 0.15) is 0 Å². The number of benzene rings is 1. The molecular formula is C16H22N2O4. The number of amides is 1. The van der Waals surface area contributed by atoms with Gasteiger partial charge in [-0.05, 0) is 24.6 Å². The van der Waals surface area contributed by atoms with Gasteiger partial charge in [-0.25, -0.2) is 0 Å². The van der Waals surface area contributed by atoms with E-state index in [2.05, 4.69) is 0 Å². The van der Waals surface area contributed by atoms with Crippen molar-refractivity contribution in [2.45, 2.75) is 13.3 Å². The smallest absolute Gasteiger partial charge is 0.305 e. The zero-order chi connectivity index (χ0) is 15.9. The SMILES string of the molecule is Cc1cccc(N(CCC(=O)O)CC(=O)N2CCOCC2)c1. The predicted octanol–water partition coefficient (Wildman–Crippen LogP) is 1.13. The molecule has 1 aliphatic rings. The van der Waals surface area contributed by atoms with E-state index < -0.39 is 5.97 Å². The highest BCUT2D eigenvalue weighted by Gasteiger charge is 2.20. The molecule has 1 aromatic rings. The van der Waals surface area contributed by atoms with Crippen LogP contribution in [0, 0.1) is 6.92 Å². The van der Waals surface area contributed by atoms with E-state index in [1.165, 1.54) is 0 Å². The van der Waals surface area contributed by atoms with E-state index >= 15 is 0 Å². The van der Waals surface area contributed by atoms with Gasteiger partial charge in [0.25, 0.3) is 0 Å². The number of aliphatic carboxylic acids is 1. The number of carboxylic acid groups (broad SMARTS) is 1.